The summed E-state index contributed by atoms with van der Waals surface area (Å²) in [6.45, 7) is 1.49. The van der Waals surface area contributed by atoms with Crippen LogP contribution < -0.4 is 0 Å². The summed E-state index contributed by atoms with van der Waals surface area (Å²) < 4.78 is 13.8. The van der Waals surface area contributed by atoms with Crippen molar-refractivity contribution in [1.29, 1.82) is 0 Å². The lowest BCUT2D eigenvalue weighted by molar-refractivity contribution is -0.118. The van der Waals surface area contributed by atoms with Gasteiger partial charge in [-0.05, 0) is 42.7 Å². The average Bonchev–Trinajstić information content (AvgIpc) is 2.39. The molecule has 0 unspecified atom stereocenters. The minimum Gasteiger partial charge on any atom is -0.299 e. The van der Waals surface area contributed by atoms with Gasteiger partial charge in [0.25, 0.3) is 0 Å². The topological polar surface area (TPSA) is 17.1 Å². The summed E-state index contributed by atoms with van der Waals surface area (Å²) >= 11 is 5.83. The predicted octanol–water partition coefficient (Wildman–Crippen LogP) is 4.39. The lowest BCUT2D eigenvalue weighted by Gasteiger charge is -2.15. The first-order valence-electron chi connectivity index (χ1n) is 6.07. The molecule has 0 N–H and O–H groups in total. The van der Waals surface area contributed by atoms with Gasteiger partial charge in [-0.15, -0.1) is 0 Å². The molecule has 1 atom stereocenters. The zero-order valence-electron chi connectivity index (χ0n) is 10.6. The van der Waals surface area contributed by atoms with Gasteiger partial charge in [0, 0.05) is 10.9 Å². The Hall–Kier alpha value is -1.67. The second-order valence-electron chi connectivity index (χ2n) is 4.52. The number of hydrogen-bond donors (Lipinski definition) is 0. The first-order chi connectivity index (χ1) is 9.08. The van der Waals surface area contributed by atoms with Crippen molar-refractivity contribution in [2.24, 2.45) is 0 Å². The third kappa shape index (κ3) is 3.42. The molecular formula is C16H14ClFO. The number of benzene rings is 2. The summed E-state index contributed by atoms with van der Waals surface area (Å²) in [4.78, 5) is 11.8. The van der Waals surface area contributed by atoms with Crippen LogP contribution in [0.5, 0.6) is 0 Å². The molecule has 0 bridgehead atoms. The van der Waals surface area contributed by atoms with Crippen LogP contribution in [0.3, 0.4) is 0 Å². The first-order valence-corrected chi connectivity index (χ1v) is 6.45. The van der Waals surface area contributed by atoms with Crippen molar-refractivity contribution in [3.63, 3.8) is 0 Å². The SMILES string of the molecule is CC(=O)[C@@H](Cc1ccc(Cl)cc1)c1ccccc1F. The van der Waals surface area contributed by atoms with Crippen LogP contribution in [0, 0.1) is 5.82 Å². The number of carbonyl (C=O) groups excluding carboxylic acids is 1. The maximum Gasteiger partial charge on any atom is 0.137 e. The van der Waals surface area contributed by atoms with Crippen molar-refractivity contribution in [3.8, 4) is 0 Å². The van der Waals surface area contributed by atoms with Crippen molar-refractivity contribution in [2.45, 2.75) is 19.3 Å². The third-order valence-electron chi connectivity index (χ3n) is 3.12. The van der Waals surface area contributed by atoms with E-state index in [0.29, 0.717) is 17.0 Å². The lowest BCUT2D eigenvalue weighted by Crippen LogP contribution is -2.13. The molecule has 0 aliphatic carbocycles. The molecule has 3 heteroatoms. The fourth-order valence-corrected chi connectivity index (χ4v) is 2.21. The minimum atomic E-state index is -0.456. The van der Waals surface area contributed by atoms with Crippen LogP contribution in [0.25, 0.3) is 0 Å². The zero-order valence-corrected chi connectivity index (χ0v) is 11.3. The smallest absolute Gasteiger partial charge is 0.137 e. The molecule has 0 spiro atoms. The zero-order chi connectivity index (χ0) is 13.8. The van der Waals surface area contributed by atoms with Gasteiger partial charge in [0.1, 0.15) is 11.6 Å². The van der Waals surface area contributed by atoms with Crippen LogP contribution in [0.15, 0.2) is 48.5 Å². The number of rotatable bonds is 4. The molecule has 98 valence electrons. The minimum absolute atomic E-state index is 0.0416. The van der Waals surface area contributed by atoms with Crippen molar-refractivity contribution in [3.05, 3.63) is 70.5 Å². The maximum absolute atomic E-state index is 13.8. The van der Waals surface area contributed by atoms with Gasteiger partial charge in [0.05, 0.1) is 0 Å². The molecule has 0 amide bonds. The van der Waals surface area contributed by atoms with Crippen LogP contribution >= 0.6 is 11.6 Å². The van der Waals surface area contributed by atoms with Crippen LogP contribution in [0.4, 0.5) is 4.39 Å². The summed E-state index contributed by atoms with van der Waals surface area (Å²) in [6.07, 6.45) is 0.480. The highest BCUT2D eigenvalue weighted by Crippen LogP contribution is 2.25. The van der Waals surface area contributed by atoms with Crippen LogP contribution in [-0.4, -0.2) is 5.78 Å². The highest BCUT2D eigenvalue weighted by atomic mass is 35.5. The summed E-state index contributed by atoms with van der Waals surface area (Å²) in [5.74, 6) is -0.834. The monoisotopic (exact) mass is 276 g/mol. The van der Waals surface area contributed by atoms with Gasteiger partial charge >= 0.3 is 0 Å². The molecular weight excluding hydrogens is 263 g/mol. The van der Waals surface area contributed by atoms with E-state index in [2.05, 4.69) is 0 Å². The molecule has 0 aromatic heterocycles. The quantitative estimate of drug-likeness (QED) is 0.809. The van der Waals surface area contributed by atoms with E-state index in [0.717, 1.165) is 5.56 Å². The van der Waals surface area contributed by atoms with E-state index in [1.165, 1.54) is 13.0 Å². The van der Waals surface area contributed by atoms with Gasteiger partial charge in [-0.3, -0.25) is 4.79 Å². The molecule has 0 fully saturated rings. The molecule has 0 aliphatic heterocycles. The maximum atomic E-state index is 13.8. The summed E-state index contributed by atoms with van der Waals surface area (Å²) in [7, 11) is 0. The van der Waals surface area contributed by atoms with Gasteiger partial charge in [-0.25, -0.2) is 4.39 Å². The van der Waals surface area contributed by atoms with E-state index < -0.39 is 5.92 Å². The van der Waals surface area contributed by atoms with Crippen molar-refractivity contribution in [1.82, 2.24) is 0 Å². The number of carbonyl (C=O) groups is 1. The van der Waals surface area contributed by atoms with Gasteiger partial charge < -0.3 is 0 Å². The fraction of sp³-hybridized carbons (Fsp3) is 0.188. The molecule has 0 aliphatic rings. The first kappa shape index (κ1) is 13.8. The third-order valence-corrected chi connectivity index (χ3v) is 3.38. The molecule has 0 radical (unpaired) electrons. The number of hydrogen-bond acceptors (Lipinski definition) is 1. The Balaban J connectivity index is 2.29. The average molecular weight is 277 g/mol. The van der Waals surface area contributed by atoms with Gasteiger partial charge in [-0.2, -0.15) is 0 Å². The van der Waals surface area contributed by atoms with E-state index in [-0.39, 0.29) is 11.6 Å². The van der Waals surface area contributed by atoms with Crippen LogP contribution in [0.1, 0.15) is 24.0 Å². The van der Waals surface area contributed by atoms with Crippen LogP contribution in [-0.2, 0) is 11.2 Å². The van der Waals surface area contributed by atoms with E-state index in [9.17, 15) is 9.18 Å². The molecule has 19 heavy (non-hydrogen) atoms. The highest BCUT2D eigenvalue weighted by molar-refractivity contribution is 6.30. The Bertz CT molecular complexity index is 578. The number of ketones is 1. The Labute approximate surface area is 117 Å². The standard InChI is InChI=1S/C16H14ClFO/c1-11(19)15(14-4-2-3-5-16(14)18)10-12-6-8-13(17)9-7-12/h2-9,15H,10H2,1H3/t15-/m1/s1. The molecule has 2 aromatic rings. The van der Waals surface area contributed by atoms with Crippen molar-refractivity contribution < 1.29 is 9.18 Å². The highest BCUT2D eigenvalue weighted by Gasteiger charge is 2.20. The molecule has 2 rings (SSSR count). The summed E-state index contributed by atoms with van der Waals surface area (Å²) in [5, 5.41) is 0.647. The number of Topliss-reactive ketones (excluding diaryl/α,β-unsaturated/α-hetero) is 1. The molecule has 1 nitrogen and oxygen atoms in total. The van der Waals surface area contributed by atoms with E-state index in [1.807, 2.05) is 12.1 Å². The summed E-state index contributed by atoms with van der Waals surface area (Å²) in [5.41, 5.74) is 1.41. The second kappa shape index (κ2) is 5.98. The molecule has 0 saturated heterocycles. The van der Waals surface area contributed by atoms with E-state index >= 15 is 0 Å². The Morgan fingerprint density at radius 2 is 1.79 bits per heavy atom. The van der Waals surface area contributed by atoms with Crippen molar-refractivity contribution in [2.75, 3.05) is 0 Å². The second-order valence-corrected chi connectivity index (χ2v) is 4.95. The lowest BCUT2D eigenvalue weighted by atomic mass is 9.89. The van der Waals surface area contributed by atoms with Crippen molar-refractivity contribution >= 4 is 17.4 Å². The largest absolute Gasteiger partial charge is 0.299 e. The molecule has 2 aromatic carbocycles. The van der Waals surface area contributed by atoms with E-state index in [4.69, 9.17) is 11.6 Å². The normalized spacial score (nSPS) is 12.2. The van der Waals surface area contributed by atoms with E-state index in [1.54, 1.807) is 30.3 Å². The Morgan fingerprint density at radius 1 is 1.16 bits per heavy atom. The molecule has 0 saturated carbocycles. The van der Waals surface area contributed by atoms with Crippen LogP contribution in [0.2, 0.25) is 5.02 Å². The Morgan fingerprint density at radius 3 is 2.37 bits per heavy atom. The Kier molecular flexibility index (Phi) is 4.33. The number of halogens is 2. The summed E-state index contributed by atoms with van der Waals surface area (Å²) in [6, 6.07) is 13.7. The van der Waals surface area contributed by atoms with Gasteiger partial charge in [-0.1, -0.05) is 41.9 Å². The predicted molar refractivity (Wildman–Crippen MR) is 75.0 cm³/mol. The molecule has 0 heterocycles. The fourth-order valence-electron chi connectivity index (χ4n) is 2.09. The van der Waals surface area contributed by atoms with Gasteiger partial charge in [0.2, 0.25) is 0 Å². The van der Waals surface area contributed by atoms with Gasteiger partial charge in [0.15, 0.2) is 0 Å².